The molecule has 3 aromatic rings. The van der Waals surface area contributed by atoms with Gasteiger partial charge in [0, 0.05) is 42.2 Å². The average molecular weight is 495 g/mol. The zero-order chi connectivity index (χ0) is 22.9. The molecule has 1 N–H and O–H groups in total. The first-order valence-corrected chi connectivity index (χ1v) is 11.1. The maximum absolute atomic E-state index is 13.3. The van der Waals surface area contributed by atoms with Crippen LogP contribution in [0.4, 0.5) is 10.5 Å². The summed E-state index contributed by atoms with van der Waals surface area (Å²) in [6.07, 6.45) is 3.57. The van der Waals surface area contributed by atoms with Gasteiger partial charge in [0.2, 0.25) is 5.91 Å². The van der Waals surface area contributed by atoms with E-state index in [-0.39, 0.29) is 25.0 Å². The van der Waals surface area contributed by atoms with E-state index in [0.29, 0.717) is 18.8 Å². The van der Waals surface area contributed by atoms with Crippen molar-refractivity contribution in [2.24, 2.45) is 7.05 Å². The van der Waals surface area contributed by atoms with E-state index in [1.165, 1.54) is 4.90 Å². The fraction of sp³-hybridized carbons (Fsp3) is 0.200. The van der Waals surface area contributed by atoms with Crippen LogP contribution in [0, 0.1) is 0 Å². The Kier molecular flexibility index (Phi) is 8.27. The molecule has 0 aliphatic rings. The van der Waals surface area contributed by atoms with Crippen LogP contribution >= 0.6 is 15.9 Å². The Morgan fingerprint density at radius 1 is 1.03 bits per heavy atom. The van der Waals surface area contributed by atoms with Gasteiger partial charge in [-0.25, -0.2) is 4.79 Å². The Bertz CT molecular complexity index is 1060. The van der Waals surface area contributed by atoms with E-state index in [1.54, 1.807) is 17.0 Å². The third-order valence-corrected chi connectivity index (χ3v) is 5.51. The van der Waals surface area contributed by atoms with Crippen molar-refractivity contribution in [1.82, 2.24) is 14.4 Å². The predicted octanol–water partition coefficient (Wildman–Crippen LogP) is 5.04. The maximum atomic E-state index is 13.3. The molecule has 2 aromatic carbocycles. The highest BCUT2D eigenvalue weighted by Crippen LogP contribution is 2.17. The second-order valence-electron chi connectivity index (χ2n) is 7.46. The highest BCUT2D eigenvalue weighted by molar-refractivity contribution is 9.10. The van der Waals surface area contributed by atoms with Gasteiger partial charge < -0.3 is 19.7 Å². The molecule has 0 saturated heterocycles. The van der Waals surface area contributed by atoms with Gasteiger partial charge in [0.25, 0.3) is 0 Å². The number of amides is 3. The fourth-order valence-electron chi connectivity index (χ4n) is 3.30. The first kappa shape index (κ1) is 23.3. The van der Waals surface area contributed by atoms with Crippen molar-refractivity contribution in [3.8, 4) is 0 Å². The molecule has 0 fully saturated rings. The number of carbonyl (C=O) groups excluding carboxylic acids is 2. The lowest BCUT2D eigenvalue weighted by Crippen LogP contribution is -2.44. The highest BCUT2D eigenvalue weighted by Gasteiger charge is 2.22. The topological polar surface area (TPSA) is 57.6 Å². The summed E-state index contributed by atoms with van der Waals surface area (Å²) in [5.74, 6) is -0.138. The van der Waals surface area contributed by atoms with Gasteiger partial charge in [-0.1, -0.05) is 58.4 Å². The number of anilines is 1. The molecule has 0 atom stereocenters. The van der Waals surface area contributed by atoms with E-state index >= 15 is 0 Å². The SMILES string of the molecule is C=CCN(CC(=O)N(Cc1ccccc1)Cc1cccn1C)C(=O)Nc1cccc(Br)c1. The number of rotatable bonds is 9. The van der Waals surface area contributed by atoms with Crippen LogP contribution in [0.25, 0.3) is 0 Å². The number of aromatic nitrogens is 1. The van der Waals surface area contributed by atoms with Crippen molar-refractivity contribution in [3.63, 3.8) is 0 Å². The first-order chi connectivity index (χ1) is 15.5. The molecule has 0 saturated carbocycles. The molecule has 32 heavy (non-hydrogen) atoms. The van der Waals surface area contributed by atoms with Gasteiger partial charge >= 0.3 is 6.03 Å². The van der Waals surface area contributed by atoms with Crippen molar-refractivity contribution in [1.29, 1.82) is 0 Å². The van der Waals surface area contributed by atoms with Crippen LogP contribution < -0.4 is 5.32 Å². The molecule has 1 aromatic heterocycles. The van der Waals surface area contributed by atoms with Crippen molar-refractivity contribution in [2.45, 2.75) is 13.1 Å². The van der Waals surface area contributed by atoms with Crippen molar-refractivity contribution in [3.05, 3.63) is 101 Å². The zero-order valence-electron chi connectivity index (χ0n) is 18.1. The zero-order valence-corrected chi connectivity index (χ0v) is 19.7. The van der Waals surface area contributed by atoms with E-state index in [0.717, 1.165) is 15.7 Å². The molecule has 3 amide bonds. The molecule has 0 aliphatic carbocycles. The number of nitrogens with zero attached hydrogens (tertiary/aromatic N) is 3. The molecule has 3 rings (SSSR count). The monoisotopic (exact) mass is 494 g/mol. The number of aryl methyl sites for hydroxylation is 1. The second kappa shape index (κ2) is 11.3. The van der Waals surface area contributed by atoms with Gasteiger partial charge in [-0.15, -0.1) is 6.58 Å². The van der Waals surface area contributed by atoms with Crippen molar-refractivity contribution >= 4 is 33.6 Å². The minimum absolute atomic E-state index is 0.0525. The van der Waals surface area contributed by atoms with E-state index in [4.69, 9.17) is 0 Å². The molecule has 0 aliphatic heterocycles. The summed E-state index contributed by atoms with van der Waals surface area (Å²) in [5.41, 5.74) is 2.70. The largest absolute Gasteiger partial charge is 0.353 e. The quantitative estimate of drug-likeness (QED) is 0.423. The smallest absolute Gasteiger partial charge is 0.322 e. The van der Waals surface area contributed by atoms with E-state index in [2.05, 4.69) is 27.8 Å². The third kappa shape index (κ3) is 6.59. The standard InChI is InChI=1S/C25H27BrN4O2/c1-3-14-29(25(32)27-22-12-7-11-21(26)16-22)19-24(31)30(17-20-9-5-4-6-10-20)18-23-13-8-15-28(23)2/h3-13,15-16H,1,14,17-19H2,2H3,(H,27,32). The molecule has 7 heteroatoms. The summed E-state index contributed by atoms with van der Waals surface area (Å²) in [6, 6.07) is 20.8. The van der Waals surface area contributed by atoms with Crippen LogP contribution in [0.1, 0.15) is 11.3 Å². The molecule has 0 unspecified atom stereocenters. The third-order valence-electron chi connectivity index (χ3n) is 5.01. The number of urea groups is 1. The lowest BCUT2D eigenvalue weighted by Gasteiger charge is -2.27. The van der Waals surface area contributed by atoms with E-state index in [9.17, 15) is 9.59 Å². The number of carbonyl (C=O) groups is 2. The van der Waals surface area contributed by atoms with Gasteiger partial charge in [-0.05, 0) is 35.9 Å². The highest BCUT2D eigenvalue weighted by atomic mass is 79.9. The Labute approximate surface area is 197 Å². The Morgan fingerprint density at radius 2 is 1.81 bits per heavy atom. The van der Waals surface area contributed by atoms with Crippen molar-refractivity contribution < 1.29 is 9.59 Å². The van der Waals surface area contributed by atoms with Gasteiger partial charge in [0.1, 0.15) is 6.54 Å². The Balaban J connectivity index is 1.75. The lowest BCUT2D eigenvalue weighted by atomic mass is 10.2. The lowest BCUT2D eigenvalue weighted by molar-refractivity contribution is -0.133. The molecular weight excluding hydrogens is 468 g/mol. The summed E-state index contributed by atoms with van der Waals surface area (Å²) in [7, 11) is 1.95. The minimum atomic E-state index is -0.352. The number of halogens is 1. The Hall–Kier alpha value is -3.32. The predicted molar refractivity (Wildman–Crippen MR) is 131 cm³/mol. The summed E-state index contributed by atoms with van der Waals surface area (Å²) >= 11 is 3.40. The molecule has 1 heterocycles. The molecule has 0 spiro atoms. The van der Waals surface area contributed by atoms with Gasteiger partial charge in [-0.3, -0.25) is 4.79 Å². The van der Waals surface area contributed by atoms with Crippen LogP contribution in [-0.2, 0) is 24.9 Å². The first-order valence-electron chi connectivity index (χ1n) is 10.3. The van der Waals surface area contributed by atoms with E-state index < -0.39 is 0 Å². The molecule has 0 bridgehead atoms. The summed E-state index contributed by atoms with van der Waals surface area (Å²) in [6.45, 7) is 4.85. The van der Waals surface area contributed by atoms with Gasteiger partial charge in [-0.2, -0.15) is 0 Å². The van der Waals surface area contributed by atoms with Gasteiger partial charge in [0.05, 0.1) is 6.54 Å². The maximum Gasteiger partial charge on any atom is 0.322 e. The second-order valence-corrected chi connectivity index (χ2v) is 8.37. The molecular formula is C25H27BrN4O2. The summed E-state index contributed by atoms with van der Waals surface area (Å²) < 4.78 is 2.85. The average Bonchev–Trinajstić information content (AvgIpc) is 3.18. The van der Waals surface area contributed by atoms with Crippen LogP contribution in [0.5, 0.6) is 0 Å². The summed E-state index contributed by atoms with van der Waals surface area (Å²) in [5, 5.41) is 2.85. The van der Waals surface area contributed by atoms with Crippen LogP contribution in [0.15, 0.2) is 90.1 Å². The minimum Gasteiger partial charge on any atom is -0.353 e. The molecule has 166 valence electrons. The molecule has 6 nitrogen and oxygen atoms in total. The van der Waals surface area contributed by atoms with Crippen molar-refractivity contribution in [2.75, 3.05) is 18.4 Å². The number of hydrogen-bond acceptors (Lipinski definition) is 2. The number of nitrogens with one attached hydrogen (secondary N) is 1. The van der Waals surface area contributed by atoms with Gasteiger partial charge in [0.15, 0.2) is 0 Å². The van der Waals surface area contributed by atoms with Crippen LogP contribution in [0.3, 0.4) is 0 Å². The van der Waals surface area contributed by atoms with Crippen LogP contribution in [-0.4, -0.2) is 39.4 Å². The van der Waals surface area contributed by atoms with Crippen LogP contribution in [0.2, 0.25) is 0 Å². The normalized spacial score (nSPS) is 10.4. The fourth-order valence-corrected chi connectivity index (χ4v) is 3.70. The molecule has 0 radical (unpaired) electrons. The Morgan fingerprint density at radius 3 is 2.47 bits per heavy atom. The number of hydrogen-bond donors (Lipinski definition) is 1. The van der Waals surface area contributed by atoms with E-state index in [1.807, 2.05) is 78.5 Å². The summed E-state index contributed by atoms with van der Waals surface area (Å²) in [4.78, 5) is 29.4. The number of benzene rings is 2.